The normalized spacial score (nSPS) is 22.9. The van der Waals surface area contributed by atoms with Gasteiger partial charge in [-0.15, -0.1) is 0 Å². The van der Waals surface area contributed by atoms with Crippen molar-refractivity contribution in [2.75, 3.05) is 18.4 Å². The Morgan fingerprint density at radius 2 is 2.35 bits per heavy atom. The maximum Gasteiger partial charge on any atom is 0.321 e. The predicted octanol–water partition coefficient (Wildman–Crippen LogP) is -0.169. The average Bonchev–Trinajstić information content (AvgIpc) is 2.93. The summed E-state index contributed by atoms with van der Waals surface area (Å²) < 4.78 is 4.82. The van der Waals surface area contributed by atoms with Crippen LogP contribution in [-0.2, 0) is 9.59 Å². The Morgan fingerprint density at radius 3 is 2.95 bits per heavy atom. The highest BCUT2D eigenvalue weighted by Gasteiger charge is 2.35. The van der Waals surface area contributed by atoms with Crippen LogP contribution in [-0.4, -0.2) is 57.4 Å². The van der Waals surface area contributed by atoms with Crippen LogP contribution < -0.4 is 5.32 Å². The van der Waals surface area contributed by atoms with E-state index in [9.17, 15) is 14.7 Å². The van der Waals surface area contributed by atoms with Crippen LogP contribution in [0.5, 0.6) is 0 Å². The summed E-state index contributed by atoms with van der Waals surface area (Å²) in [5.74, 6) is -0.324. The van der Waals surface area contributed by atoms with Crippen LogP contribution >= 0.6 is 0 Å². The largest absolute Gasteiger partial charge is 0.480 e. The zero-order valence-corrected chi connectivity index (χ0v) is 11.1. The maximum absolute atomic E-state index is 11.7. The summed E-state index contributed by atoms with van der Waals surface area (Å²) in [5, 5.41) is 24.7. The van der Waals surface area contributed by atoms with Gasteiger partial charge in [-0.05, 0) is 6.92 Å². The molecule has 1 aliphatic rings. The lowest BCUT2D eigenvalue weighted by Gasteiger charge is -2.19. The first-order valence-electron chi connectivity index (χ1n) is 6.34. The molecule has 0 aromatic carbocycles. The number of carboxylic acid groups (broad SMARTS) is 1. The van der Waals surface area contributed by atoms with Crippen LogP contribution in [0.25, 0.3) is 0 Å². The van der Waals surface area contributed by atoms with Crippen molar-refractivity contribution in [2.45, 2.75) is 31.9 Å². The van der Waals surface area contributed by atoms with E-state index in [-0.39, 0.29) is 31.8 Å². The van der Waals surface area contributed by atoms with E-state index >= 15 is 0 Å². The molecule has 8 nitrogen and oxygen atoms in total. The number of aryl methyl sites for hydroxylation is 1. The zero-order chi connectivity index (χ0) is 14.7. The molecule has 1 saturated heterocycles. The van der Waals surface area contributed by atoms with Crippen LogP contribution in [0.1, 0.15) is 18.6 Å². The molecule has 1 aromatic rings. The van der Waals surface area contributed by atoms with Crippen molar-refractivity contribution in [1.82, 2.24) is 10.1 Å². The van der Waals surface area contributed by atoms with E-state index in [1.807, 2.05) is 0 Å². The Hall–Kier alpha value is -1.93. The number of hydrogen-bond donors (Lipinski definition) is 3. The summed E-state index contributed by atoms with van der Waals surface area (Å²) in [5.41, 5.74) is 0. The fourth-order valence-electron chi connectivity index (χ4n) is 2.26. The van der Waals surface area contributed by atoms with Gasteiger partial charge in [0.25, 0.3) is 0 Å². The summed E-state index contributed by atoms with van der Waals surface area (Å²) in [6, 6.07) is 0.865. The average molecular weight is 283 g/mol. The lowest BCUT2D eigenvalue weighted by molar-refractivity contribution is -0.142. The fourth-order valence-corrected chi connectivity index (χ4v) is 2.26. The predicted molar refractivity (Wildman–Crippen MR) is 68.1 cm³/mol. The minimum atomic E-state index is -0.978. The van der Waals surface area contributed by atoms with Crippen molar-refractivity contribution in [3.05, 3.63) is 11.8 Å². The molecule has 1 aliphatic heterocycles. The van der Waals surface area contributed by atoms with Gasteiger partial charge in [0.1, 0.15) is 11.8 Å². The lowest BCUT2D eigenvalue weighted by Crippen LogP contribution is -2.37. The van der Waals surface area contributed by atoms with Crippen LogP contribution in [0, 0.1) is 6.92 Å². The summed E-state index contributed by atoms with van der Waals surface area (Å²) >= 11 is 0. The molecule has 110 valence electrons. The van der Waals surface area contributed by atoms with Gasteiger partial charge in [0, 0.05) is 32.0 Å². The Kier molecular flexibility index (Phi) is 4.35. The quantitative estimate of drug-likeness (QED) is 0.687. The van der Waals surface area contributed by atoms with Crippen molar-refractivity contribution in [3.8, 4) is 0 Å². The maximum atomic E-state index is 11.7. The molecule has 0 spiro atoms. The molecule has 2 unspecified atom stereocenters. The summed E-state index contributed by atoms with van der Waals surface area (Å²) in [4.78, 5) is 24.3. The number of aliphatic hydroxyl groups excluding tert-OH is 1. The summed E-state index contributed by atoms with van der Waals surface area (Å²) in [7, 11) is 0. The van der Waals surface area contributed by atoms with Crippen LogP contribution in [0.2, 0.25) is 0 Å². The van der Waals surface area contributed by atoms with E-state index < -0.39 is 18.1 Å². The minimum absolute atomic E-state index is 0.127. The van der Waals surface area contributed by atoms with Gasteiger partial charge in [-0.2, -0.15) is 0 Å². The highest BCUT2D eigenvalue weighted by atomic mass is 16.5. The number of aromatic nitrogens is 1. The van der Waals surface area contributed by atoms with Crippen LogP contribution in [0.3, 0.4) is 0 Å². The topological polar surface area (TPSA) is 116 Å². The van der Waals surface area contributed by atoms with E-state index in [4.69, 9.17) is 9.63 Å². The van der Waals surface area contributed by atoms with E-state index in [2.05, 4.69) is 10.5 Å². The SMILES string of the molecule is Cc1cc(NC(=O)CCN2CC(O)CC2C(=O)O)no1. The number of likely N-dealkylation sites (tertiary alicyclic amines) is 1. The number of carbonyl (C=O) groups excluding carboxylic acids is 1. The third-order valence-corrected chi connectivity index (χ3v) is 3.19. The molecule has 0 aliphatic carbocycles. The highest BCUT2D eigenvalue weighted by molar-refractivity contribution is 5.89. The second-order valence-corrected chi connectivity index (χ2v) is 4.86. The van der Waals surface area contributed by atoms with Gasteiger partial charge in [0.2, 0.25) is 5.91 Å². The van der Waals surface area contributed by atoms with Gasteiger partial charge in [0.15, 0.2) is 5.82 Å². The minimum Gasteiger partial charge on any atom is -0.480 e. The number of nitrogens with one attached hydrogen (secondary N) is 1. The van der Waals surface area contributed by atoms with Crippen LogP contribution in [0.4, 0.5) is 5.82 Å². The number of β-amino-alcohol motifs (C(OH)–C–C–N with tert-alkyl or cyclic N) is 1. The fraction of sp³-hybridized carbons (Fsp3) is 0.583. The summed E-state index contributed by atoms with van der Waals surface area (Å²) in [6.45, 7) is 2.26. The Labute approximate surface area is 115 Å². The molecule has 1 aromatic heterocycles. The molecule has 0 bridgehead atoms. The first kappa shape index (κ1) is 14.5. The number of rotatable bonds is 5. The van der Waals surface area contributed by atoms with Gasteiger partial charge in [-0.3, -0.25) is 14.5 Å². The van der Waals surface area contributed by atoms with Crippen molar-refractivity contribution in [1.29, 1.82) is 0 Å². The number of nitrogens with zero attached hydrogens (tertiary/aromatic N) is 2. The molecule has 0 saturated carbocycles. The second-order valence-electron chi connectivity index (χ2n) is 4.86. The number of aliphatic hydroxyl groups is 1. The molecule has 1 amide bonds. The van der Waals surface area contributed by atoms with E-state index in [1.165, 1.54) is 0 Å². The Balaban J connectivity index is 1.82. The highest BCUT2D eigenvalue weighted by Crippen LogP contribution is 2.18. The molecule has 0 radical (unpaired) electrons. The van der Waals surface area contributed by atoms with E-state index in [1.54, 1.807) is 17.9 Å². The van der Waals surface area contributed by atoms with Crippen molar-refractivity contribution in [3.63, 3.8) is 0 Å². The van der Waals surface area contributed by atoms with Gasteiger partial charge >= 0.3 is 5.97 Å². The van der Waals surface area contributed by atoms with Gasteiger partial charge in [0.05, 0.1) is 6.10 Å². The molecule has 2 heterocycles. The molecule has 8 heteroatoms. The number of anilines is 1. The third kappa shape index (κ3) is 3.55. The number of carboxylic acids is 1. The van der Waals surface area contributed by atoms with Crippen molar-refractivity contribution < 1.29 is 24.3 Å². The van der Waals surface area contributed by atoms with Crippen molar-refractivity contribution in [2.24, 2.45) is 0 Å². The Morgan fingerprint density at radius 1 is 1.60 bits per heavy atom. The molecule has 3 N–H and O–H groups in total. The molecular weight excluding hydrogens is 266 g/mol. The number of carbonyl (C=O) groups is 2. The number of amides is 1. The molecule has 20 heavy (non-hydrogen) atoms. The Bertz CT molecular complexity index is 501. The number of hydrogen-bond acceptors (Lipinski definition) is 6. The van der Waals surface area contributed by atoms with E-state index in [0.717, 1.165) is 0 Å². The van der Waals surface area contributed by atoms with Crippen molar-refractivity contribution >= 4 is 17.7 Å². The lowest BCUT2D eigenvalue weighted by atomic mass is 10.2. The second kappa shape index (κ2) is 6.02. The number of aliphatic carboxylic acids is 1. The first-order valence-corrected chi connectivity index (χ1v) is 6.34. The molecule has 2 atom stereocenters. The summed E-state index contributed by atoms with van der Waals surface area (Å²) in [6.07, 6.45) is -0.334. The molecule has 2 rings (SSSR count). The first-order chi connectivity index (χ1) is 9.45. The van der Waals surface area contributed by atoms with Crippen LogP contribution in [0.15, 0.2) is 10.6 Å². The van der Waals surface area contributed by atoms with Gasteiger partial charge in [-0.25, -0.2) is 0 Å². The molecular formula is C12H17N3O5. The third-order valence-electron chi connectivity index (χ3n) is 3.19. The van der Waals surface area contributed by atoms with E-state index in [0.29, 0.717) is 11.6 Å². The van der Waals surface area contributed by atoms with Gasteiger partial charge in [-0.1, -0.05) is 5.16 Å². The smallest absolute Gasteiger partial charge is 0.321 e. The molecule has 1 fully saturated rings. The van der Waals surface area contributed by atoms with Gasteiger partial charge < -0.3 is 20.1 Å². The zero-order valence-electron chi connectivity index (χ0n) is 11.1. The monoisotopic (exact) mass is 283 g/mol. The standard InChI is InChI=1S/C12H17N3O5/c1-7-4-10(14-20-7)13-11(17)2-3-15-6-8(16)5-9(15)12(18)19/h4,8-9,16H,2-3,5-6H2,1H3,(H,18,19)(H,13,14,17).